The zero-order valence-corrected chi connectivity index (χ0v) is 13.3. The van der Waals surface area contributed by atoms with Crippen molar-refractivity contribution in [3.8, 4) is 0 Å². The van der Waals surface area contributed by atoms with Gasteiger partial charge in [-0.25, -0.2) is 13.2 Å². The van der Waals surface area contributed by atoms with E-state index in [1.165, 1.54) is 25.3 Å². The van der Waals surface area contributed by atoms with Gasteiger partial charge in [0.1, 0.15) is 5.56 Å². The number of thiophene rings is 1. The van der Waals surface area contributed by atoms with Crippen LogP contribution < -0.4 is 0 Å². The standard InChI is InChI=1S/C12H15N3O4S2/c1-7-10(12(16)17)11(14-13-7)21(18,19)15(3)8(2)9-5-4-6-20-9/h4-6,8H,1-3H3,(H,13,14)(H,16,17). The zero-order valence-electron chi connectivity index (χ0n) is 11.7. The van der Waals surface area contributed by atoms with Gasteiger partial charge in [-0.1, -0.05) is 6.07 Å². The van der Waals surface area contributed by atoms with Crippen molar-refractivity contribution in [1.29, 1.82) is 0 Å². The molecule has 0 saturated heterocycles. The smallest absolute Gasteiger partial charge is 0.340 e. The Morgan fingerprint density at radius 2 is 2.19 bits per heavy atom. The van der Waals surface area contributed by atoms with Crippen molar-refractivity contribution < 1.29 is 18.3 Å². The van der Waals surface area contributed by atoms with E-state index in [2.05, 4.69) is 10.2 Å². The van der Waals surface area contributed by atoms with Gasteiger partial charge in [-0.2, -0.15) is 9.40 Å². The molecule has 2 aromatic heterocycles. The molecule has 0 saturated carbocycles. The molecule has 2 aromatic rings. The number of carbonyl (C=O) groups is 1. The zero-order chi connectivity index (χ0) is 15.8. The fourth-order valence-corrected chi connectivity index (χ4v) is 4.25. The van der Waals surface area contributed by atoms with Gasteiger partial charge in [-0.05, 0) is 25.3 Å². The molecule has 1 atom stereocenters. The quantitative estimate of drug-likeness (QED) is 0.871. The molecule has 0 aliphatic rings. The first-order chi connectivity index (χ1) is 9.76. The van der Waals surface area contributed by atoms with Gasteiger partial charge in [0.2, 0.25) is 5.03 Å². The first-order valence-corrected chi connectivity index (χ1v) is 8.38. The summed E-state index contributed by atoms with van der Waals surface area (Å²) in [5.74, 6) is -1.32. The predicted octanol–water partition coefficient (Wildman–Crippen LogP) is 1.86. The summed E-state index contributed by atoms with van der Waals surface area (Å²) < 4.78 is 26.3. The number of sulfonamides is 1. The number of aromatic carboxylic acids is 1. The second-order valence-electron chi connectivity index (χ2n) is 4.55. The number of carboxylic acids is 1. The van der Waals surface area contributed by atoms with E-state index in [-0.39, 0.29) is 11.3 Å². The van der Waals surface area contributed by atoms with Gasteiger partial charge < -0.3 is 5.11 Å². The van der Waals surface area contributed by atoms with E-state index in [1.807, 2.05) is 17.5 Å². The molecule has 9 heteroatoms. The van der Waals surface area contributed by atoms with Crippen molar-refractivity contribution in [2.45, 2.75) is 24.9 Å². The van der Waals surface area contributed by atoms with Gasteiger partial charge >= 0.3 is 5.97 Å². The topological polar surface area (TPSA) is 103 Å². The first-order valence-electron chi connectivity index (χ1n) is 6.06. The molecule has 0 bridgehead atoms. The van der Waals surface area contributed by atoms with Crippen LogP contribution >= 0.6 is 11.3 Å². The average molecular weight is 329 g/mol. The van der Waals surface area contributed by atoms with E-state index < -0.39 is 27.1 Å². The van der Waals surface area contributed by atoms with E-state index in [1.54, 1.807) is 6.92 Å². The van der Waals surface area contributed by atoms with Crippen LogP contribution in [-0.4, -0.2) is 41.0 Å². The van der Waals surface area contributed by atoms with Crippen LogP contribution in [0.5, 0.6) is 0 Å². The van der Waals surface area contributed by atoms with Gasteiger partial charge in [-0.3, -0.25) is 5.10 Å². The number of nitrogens with zero attached hydrogens (tertiary/aromatic N) is 2. The van der Waals surface area contributed by atoms with Crippen LogP contribution in [0.15, 0.2) is 22.5 Å². The number of H-pyrrole nitrogens is 1. The summed E-state index contributed by atoms with van der Waals surface area (Å²) in [4.78, 5) is 12.1. The molecule has 0 aliphatic carbocycles. The van der Waals surface area contributed by atoms with E-state index in [0.717, 1.165) is 9.18 Å². The minimum absolute atomic E-state index is 0.207. The third-order valence-corrected chi connectivity index (χ3v) is 6.15. The Morgan fingerprint density at radius 3 is 2.71 bits per heavy atom. The highest BCUT2D eigenvalue weighted by molar-refractivity contribution is 7.89. The van der Waals surface area contributed by atoms with Crippen LogP contribution in [0.2, 0.25) is 0 Å². The number of hydrogen-bond acceptors (Lipinski definition) is 5. The van der Waals surface area contributed by atoms with Crippen molar-refractivity contribution in [1.82, 2.24) is 14.5 Å². The number of aryl methyl sites for hydroxylation is 1. The molecule has 7 nitrogen and oxygen atoms in total. The van der Waals surface area contributed by atoms with Crippen molar-refractivity contribution in [2.24, 2.45) is 0 Å². The van der Waals surface area contributed by atoms with Crippen molar-refractivity contribution >= 4 is 27.3 Å². The monoisotopic (exact) mass is 329 g/mol. The Kier molecular flexibility index (Phi) is 4.17. The second-order valence-corrected chi connectivity index (χ2v) is 7.44. The van der Waals surface area contributed by atoms with Crippen LogP contribution in [0.4, 0.5) is 0 Å². The van der Waals surface area contributed by atoms with Crippen LogP contribution in [0.3, 0.4) is 0 Å². The number of nitrogens with one attached hydrogen (secondary N) is 1. The van der Waals surface area contributed by atoms with Crippen LogP contribution in [0.1, 0.15) is 33.9 Å². The van der Waals surface area contributed by atoms with Gasteiger partial charge in [0.15, 0.2) is 0 Å². The molecule has 2 N–H and O–H groups in total. The van der Waals surface area contributed by atoms with Crippen molar-refractivity contribution in [3.63, 3.8) is 0 Å². The Labute approximate surface area is 126 Å². The number of hydrogen-bond donors (Lipinski definition) is 2. The maximum Gasteiger partial charge on any atom is 0.340 e. The van der Waals surface area contributed by atoms with Crippen molar-refractivity contribution in [3.05, 3.63) is 33.6 Å². The summed E-state index contributed by atoms with van der Waals surface area (Å²) >= 11 is 1.44. The highest BCUT2D eigenvalue weighted by Gasteiger charge is 2.34. The van der Waals surface area contributed by atoms with E-state index in [0.29, 0.717) is 0 Å². The Hall–Kier alpha value is -1.71. The molecule has 0 amide bonds. The Morgan fingerprint density at radius 1 is 1.52 bits per heavy atom. The molecule has 0 aromatic carbocycles. The highest BCUT2D eigenvalue weighted by atomic mass is 32.2. The van der Waals surface area contributed by atoms with Crippen LogP contribution in [0, 0.1) is 6.92 Å². The third-order valence-electron chi connectivity index (χ3n) is 3.25. The number of aromatic nitrogens is 2. The second kappa shape index (κ2) is 5.58. The lowest BCUT2D eigenvalue weighted by molar-refractivity contribution is 0.0691. The normalized spacial score (nSPS) is 13.5. The Balaban J connectivity index is 2.45. The summed E-state index contributed by atoms with van der Waals surface area (Å²) in [7, 11) is -2.59. The Bertz CT molecular complexity index is 750. The SMILES string of the molecule is Cc1[nH]nc(S(=O)(=O)N(C)C(C)c2cccs2)c1C(=O)O. The molecule has 21 heavy (non-hydrogen) atoms. The summed E-state index contributed by atoms with van der Waals surface area (Å²) in [5, 5.41) is 16.6. The minimum Gasteiger partial charge on any atom is -0.478 e. The minimum atomic E-state index is -4.00. The molecule has 1 unspecified atom stereocenters. The maximum atomic E-state index is 12.6. The van der Waals surface area contributed by atoms with E-state index in [9.17, 15) is 13.2 Å². The first kappa shape index (κ1) is 15.7. The lowest BCUT2D eigenvalue weighted by atomic mass is 10.3. The number of aromatic amines is 1. The highest BCUT2D eigenvalue weighted by Crippen LogP contribution is 2.29. The summed E-state index contributed by atoms with van der Waals surface area (Å²) in [6.45, 7) is 3.21. The largest absolute Gasteiger partial charge is 0.478 e. The van der Waals surface area contributed by atoms with Gasteiger partial charge in [0, 0.05) is 17.6 Å². The summed E-state index contributed by atoms with van der Waals surface area (Å²) in [5.41, 5.74) is -0.113. The summed E-state index contributed by atoms with van der Waals surface area (Å²) in [6, 6.07) is 3.25. The third kappa shape index (κ3) is 2.71. The molecule has 0 spiro atoms. The molecule has 114 valence electrons. The lowest BCUT2D eigenvalue weighted by Crippen LogP contribution is -2.30. The molecule has 2 heterocycles. The molecular formula is C12H15N3O4S2. The van der Waals surface area contributed by atoms with Crippen LogP contribution in [0.25, 0.3) is 0 Å². The van der Waals surface area contributed by atoms with Gasteiger partial charge in [0.25, 0.3) is 10.0 Å². The molecule has 0 aliphatic heterocycles. The summed E-state index contributed by atoms with van der Waals surface area (Å²) in [6.07, 6.45) is 0. The lowest BCUT2D eigenvalue weighted by Gasteiger charge is -2.22. The average Bonchev–Trinajstić information content (AvgIpc) is 3.05. The van der Waals surface area contributed by atoms with Gasteiger partial charge in [-0.15, -0.1) is 11.3 Å². The van der Waals surface area contributed by atoms with Crippen LogP contribution in [-0.2, 0) is 10.0 Å². The molecule has 0 radical (unpaired) electrons. The maximum absolute atomic E-state index is 12.6. The number of rotatable bonds is 5. The van der Waals surface area contributed by atoms with Gasteiger partial charge in [0.05, 0.1) is 6.04 Å². The van der Waals surface area contributed by atoms with E-state index >= 15 is 0 Å². The fraction of sp³-hybridized carbons (Fsp3) is 0.333. The van der Waals surface area contributed by atoms with E-state index in [4.69, 9.17) is 5.11 Å². The molecular weight excluding hydrogens is 314 g/mol. The predicted molar refractivity (Wildman–Crippen MR) is 78.0 cm³/mol. The van der Waals surface area contributed by atoms with Crippen molar-refractivity contribution in [2.75, 3.05) is 7.05 Å². The molecule has 0 fully saturated rings. The molecule has 2 rings (SSSR count). The fourth-order valence-electron chi connectivity index (χ4n) is 1.90. The number of carboxylic acid groups (broad SMARTS) is 1.